The number of fused-ring (bicyclic) bond motifs is 1. The van der Waals surface area contributed by atoms with Gasteiger partial charge in [0, 0.05) is 24.3 Å². The largest absolute Gasteiger partial charge is 0.395 e. The molecular formula is C20H28N4O. The van der Waals surface area contributed by atoms with E-state index in [0.717, 1.165) is 36.3 Å². The summed E-state index contributed by atoms with van der Waals surface area (Å²) in [7, 11) is 0. The Bertz CT molecular complexity index is 763. The molecular weight excluding hydrogens is 312 g/mol. The SMILES string of the molecule is Cc1cc(C)c(N=Cc2n[nH]c3c2CC(C)CC3)cc1CNCCO. The van der Waals surface area contributed by atoms with Crippen molar-refractivity contribution in [1.82, 2.24) is 15.5 Å². The highest BCUT2D eigenvalue weighted by molar-refractivity contribution is 5.82. The highest BCUT2D eigenvalue weighted by Gasteiger charge is 2.20. The van der Waals surface area contributed by atoms with Gasteiger partial charge in [-0.3, -0.25) is 10.1 Å². The minimum Gasteiger partial charge on any atom is -0.395 e. The van der Waals surface area contributed by atoms with E-state index in [0.29, 0.717) is 12.5 Å². The number of nitrogens with zero attached hydrogens (tertiary/aromatic N) is 2. The van der Waals surface area contributed by atoms with Gasteiger partial charge in [-0.1, -0.05) is 13.0 Å². The Morgan fingerprint density at radius 2 is 2.20 bits per heavy atom. The van der Waals surface area contributed by atoms with Crippen LogP contribution in [0.4, 0.5) is 5.69 Å². The molecule has 0 aliphatic heterocycles. The highest BCUT2D eigenvalue weighted by Crippen LogP contribution is 2.27. The average molecular weight is 340 g/mol. The molecule has 5 heteroatoms. The second-order valence-corrected chi connectivity index (χ2v) is 7.14. The molecule has 1 aliphatic carbocycles. The highest BCUT2D eigenvalue weighted by atomic mass is 16.3. The molecule has 0 radical (unpaired) electrons. The maximum Gasteiger partial charge on any atom is 0.107 e. The number of aromatic amines is 1. The van der Waals surface area contributed by atoms with Crippen LogP contribution < -0.4 is 5.32 Å². The van der Waals surface area contributed by atoms with Crippen LogP contribution in [0.1, 0.15) is 47.0 Å². The van der Waals surface area contributed by atoms with Gasteiger partial charge in [0.05, 0.1) is 18.5 Å². The zero-order valence-electron chi connectivity index (χ0n) is 15.4. The fraction of sp³-hybridized carbons (Fsp3) is 0.500. The lowest BCUT2D eigenvalue weighted by molar-refractivity contribution is 0.292. The Hall–Kier alpha value is -1.98. The van der Waals surface area contributed by atoms with Gasteiger partial charge in [-0.25, -0.2) is 0 Å². The van der Waals surface area contributed by atoms with E-state index in [2.05, 4.69) is 48.4 Å². The van der Waals surface area contributed by atoms with E-state index in [-0.39, 0.29) is 6.61 Å². The smallest absolute Gasteiger partial charge is 0.107 e. The molecule has 0 amide bonds. The molecule has 2 aromatic rings. The topological polar surface area (TPSA) is 73.3 Å². The standard InChI is InChI=1S/C20H28N4O/c1-13-4-5-18-17(8-13)20(24-23-18)12-22-19-10-16(11-21-6-7-25)14(2)9-15(19)3/h9-10,12-13,21,25H,4-8,11H2,1-3H3,(H,23,24). The molecule has 1 aromatic carbocycles. The second kappa shape index (κ2) is 7.93. The maximum absolute atomic E-state index is 8.92. The van der Waals surface area contributed by atoms with Crippen molar-refractivity contribution in [2.75, 3.05) is 13.2 Å². The predicted molar refractivity (Wildman–Crippen MR) is 102 cm³/mol. The Kier molecular flexibility index (Phi) is 5.66. The summed E-state index contributed by atoms with van der Waals surface area (Å²) < 4.78 is 0. The first-order valence-electron chi connectivity index (χ1n) is 9.10. The van der Waals surface area contributed by atoms with E-state index >= 15 is 0 Å². The third kappa shape index (κ3) is 4.17. The minimum absolute atomic E-state index is 0.151. The summed E-state index contributed by atoms with van der Waals surface area (Å²) in [6.45, 7) is 7.99. The number of aromatic nitrogens is 2. The molecule has 1 unspecified atom stereocenters. The molecule has 134 valence electrons. The van der Waals surface area contributed by atoms with Gasteiger partial charge in [-0.15, -0.1) is 0 Å². The van der Waals surface area contributed by atoms with Crippen LogP contribution >= 0.6 is 0 Å². The average Bonchev–Trinajstić information content (AvgIpc) is 2.98. The molecule has 1 aromatic heterocycles. The molecule has 1 aliphatic rings. The first-order chi connectivity index (χ1) is 12.1. The molecule has 3 rings (SSSR count). The zero-order chi connectivity index (χ0) is 17.8. The lowest BCUT2D eigenvalue weighted by atomic mass is 9.88. The molecule has 0 saturated heterocycles. The number of H-pyrrole nitrogens is 1. The number of aryl methyl sites for hydroxylation is 3. The Morgan fingerprint density at radius 3 is 3.00 bits per heavy atom. The summed E-state index contributed by atoms with van der Waals surface area (Å²) in [5, 5.41) is 19.8. The number of benzene rings is 1. The number of aliphatic hydroxyl groups is 1. The van der Waals surface area contributed by atoms with Gasteiger partial charge in [0.2, 0.25) is 0 Å². The van der Waals surface area contributed by atoms with Gasteiger partial charge in [0.25, 0.3) is 0 Å². The van der Waals surface area contributed by atoms with Crippen molar-refractivity contribution in [1.29, 1.82) is 0 Å². The van der Waals surface area contributed by atoms with Crippen molar-refractivity contribution in [3.63, 3.8) is 0 Å². The maximum atomic E-state index is 8.92. The molecule has 5 nitrogen and oxygen atoms in total. The summed E-state index contributed by atoms with van der Waals surface area (Å²) in [6.07, 6.45) is 5.29. The number of rotatable bonds is 6. The van der Waals surface area contributed by atoms with Crippen LogP contribution in [0.3, 0.4) is 0 Å². The van der Waals surface area contributed by atoms with Gasteiger partial charge < -0.3 is 10.4 Å². The summed E-state index contributed by atoms with van der Waals surface area (Å²) in [5.74, 6) is 0.711. The molecule has 3 N–H and O–H groups in total. The second-order valence-electron chi connectivity index (χ2n) is 7.14. The monoisotopic (exact) mass is 340 g/mol. The first-order valence-corrected chi connectivity index (χ1v) is 9.10. The van der Waals surface area contributed by atoms with E-state index in [1.165, 1.54) is 28.8 Å². The van der Waals surface area contributed by atoms with Crippen LogP contribution in [0.25, 0.3) is 0 Å². The number of nitrogens with one attached hydrogen (secondary N) is 2. The van der Waals surface area contributed by atoms with Crippen molar-refractivity contribution in [2.24, 2.45) is 10.9 Å². The van der Waals surface area contributed by atoms with E-state index in [9.17, 15) is 0 Å². The van der Waals surface area contributed by atoms with Crippen molar-refractivity contribution in [3.05, 3.63) is 45.8 Å². The quantitative estimate of drug-likeness (QED) is 0.559. The van der Waals surface area contributed by atoms with Crippen molar-refractivity contribution in [2.45, 2.75) is 46.6 Å². The van der Waals surface area contributed by atoms with Crippen molar-refractivity contribution < 1.29 is 5.11 Å². The number of aliphatic imine (C=N–C) groups is 1. The first kappa shape index (κ1) is 17.8. The molecule has 0 fully saturated rings. The van der Waals surface area contributed by atoms with Crippen LogP contribution in [0.2, 0.25) is 0 Å². The fourth-order valence-electron chi connectivity index (χ4n) is 3.45. The molecule has 1 heterocycles. The van der Waals surface area contributed by atoms with E-state index < -0.39 is 0 Å². The molecule has 0 spiro atoms. The van der Waals surface area contributed by atoms with Crippen LogP contribution in [0.15, 0.2) is 17.1 Å². The summed E-state index contributed by atoms with van der Waals surface area (Å²) in [4.78, 5) is 4.73. The molecule has 0 saturated carbocycles. The lowest BCUT2D eigenvalue weighted by Crippen LogP contribution is -2.18. The van der Waals surface area contributed by atoms with Crippen LogP contribution in [-0.4, -0.2) is 34.7 Å². The third-order valence-electron chi connectivity index (χ3n) is 5.01. The number of hydrogen-bond donors (Lipinski definition) is 3. The Morgan fingerprint density at radius 1 is 1.36 bits per heavy atom. The van der Waals surface area contributed by atoms with Gasteiger partial charge in [0.15, 0.2) is 0 Å². The summed E-state index contributed by atoms with van der Waals surface area (Å²) in [6, 6.07) is 4.30. The van der Waals surface area contributed by atoms with Crippen molar-refractivity contribution in [3.8, 4) is 0 Å². The van der Waals surface area contributed by atoms with Gasteiger partial charge in [-0.05, 0) is 61.8 Å². The Balaban J connectivity index is 1.81. The van der Waals surface area contributed by atoms with Gasteiger partial charge >= 0.3 is 0 Å². The normalized spacial score (nSPS) is 17.2. The van der Waals surface area contributed by atoms with Gasteiger partial charge in [0.1, 0.15) is 5.69 Å². The van der Waals surface area contributed by atoms with Crippen molar-refractivity contribution >= 4 is 11.9 Å². The minimum atomic E-state index is 0.151. The molecule has 25 heavy (non-hydrogen) atoms. The number of aliphatic hydroxyl groups excluding tert-OH is 1. The summed E-state index contributed by atoms with van der Waals surface area (Å²) >= 11 is 0. The van der Waals surface area contributed by atoms with Gasteiger partial charge in [-0.2, -0.15) is 5.10 Å². The van der Waals surface area contributed by atoms with E-state index in [1.807, 2.05) is 6.21 Å². The van der Waals surface area contributed by atoms with Crippen LogP contribution in [0, 0.1) is 19.8 Å². The van der Waals surface area contributed by atoms with E-state index in [4.69, 9.17) is 10.1 Å². The number of hydrogen-bond acceptors (Lipinski definition) is 4. The van der Waals surface area contributed by atoms with E-state index in [1.54, 1.807) is 0 Å². The predicted octanol–water partition coefficient (Wildman–Crippen LogP) is 2.98. The fourth-order valence-corrected chi connectivity index (χ4v) is 3.45. The zero-order valence-corrected chi connectivity index (χ0v) is 15.4. The lowest BCUT2D eigenvalue weighted by Gasteiger charge is -2.17. The molecule has 0 bridgehead atoms. The van der Waals surface area contributed by atoms with Crippen LogP contribution in [0.5, 0.6) is 0 Å². The Labute approximate surface area is 149 Å². The van der Waals surface area contributed by atoms with Crippen LogP contribution in [-0.2, 0) is 19.4 Å². The third-order valence-corrected chi connectivity index (χ3v) is 5.01. The summed E-state index contributed by atoms with van der Waals surface area (Å²) in [5.41, 5.74) is 8.17. The molecule has 1 atom stereocenters.